The quantitative estimate of drug-likeness (QED) is 0.508. The molecule has 1 N–H and O–H groups in total. The van der Waals surface area contributed by atoms with Gasteiger partial charge in [-0.25, -0.2) is 0 Å². The van der Waals surface area contributed by atoms with Crippen LogP contribution in [0.5, 0.6) is 0 Å². The Balaban J connectivity index is 1.58. The molecule has 1 aliphatic rings. The first-order chi connectivity index (χ1) is 14.3. The maximum Gasteiger partial charge on any atom is 0.299 e. The van der Waals surface area contributed by atoms with Gasteiger partial charge in [-0.15, -0.1) is 0 Å². The number of nitrogens with zero attached hydrogens (tertiary/aromatic N) is 2. The molecule has 0 fully saturated rings. The number of aromatic nitrogens is 2. The number of hydrogen-bond donors (Lipinski definition) is 1. The van der Waals surface area contributed by atoms with Crippen molar-refractivity contribution < 1.29 is 4.79 Å². The van der Waals surface area contributed by atoms with Crippen molar-refractivity contribution in [3.8, 4) is 11.8 Å². The number of hydrogen-bond acceptors (Lipinski definition) is 2. The fourth-order valence-electron chi connectivity index (χ4n) is 4.02. The number of pyridine rings is 1. The molecule has 2 aromatic carbocycles. The van der Waals surface area contributed by atoms with Crippen molar-refractivity contribution in [3.63, 3.8) is 0 Å². The van der Waals surface area contributed by atoms with E-state index in [1.807, 2.05) is 59.5 Å². The van der Waals surface area contributed by atoms with E-state index < -0.39 is 0 Å². The van der Waals surface area contributed by atoms with E-state index in [2.05, 4.69) is 40.0 Å². The highest BCUT2D eigenvalue weighted by molar-refractivity contribution is 5.95. The number of fused-ring (bicyclic) bond motifs is 3. The smallest absolute Gasteiger partial charge is 0.299 e. The monoisotopic (exact) mass is 377 g/mol. The molecule has 0 unspecified atom stereocenters. The van der Waals surface area contributed by atoms with E-state index in [0.717, 1.165) is 28.9 Å². The van der Waals surface area contributed by atoms with Crippen LogP contribution in [0.2, 0.25) is 0 Å². The Morgan fingerprint density at radius 2 is 1.79 bits per heavy atom. The Morgan fingerprint density at radius 1 is 1.00 bits per heavy atom. The lowest BCUT2D eigenvalue weighted by Crippen LogP contribution is -2.40. The maximum atomic E-state index is 13.1. The van der Waals surface area contributed by atoms with Crippen LogP contribution in [0.25, 0.3) is 10.9 Å². The van der Waals surface area contributed by atoms with Crippen molar-refractivity contribution in [2.24, 2.45) is 0 Å². The molecule has 5 rings (SSSR count). The van der Waals surface area contributed by atoms with Crippen LogP contribution < -0.4 is 0 Å². The molecule has 3 heterocycles. The Hall–Kier alpha value is -3.84. The van der Waals surface area contributed by atoms with Crippen molar-refractivity contribution in [3.05, 3.63) is 102 Å². The minimum atomic E-state index is -0.273. The Labute approximate surface area is 169 Å². The zero-order valence-electron chi connectivity index (χ0n) is 15.8. The van der Waals surface area contributed by atoms with Gasteiger partial charge in [0, 0.05) is 40.8 Å². The number of carbonyl (C=O) groups excluding carboxylic acids is 1. The van der Waals surface area contributed by atoms with Crippen LogP contribution in [-0.2, 0) is 11.2 Å². The standard InChI is InChI=1S/C25H19N3O/c29-23(14-13-18-8-2-1-3-9-18)28-17-15-20-19-10-4-5-11-21(19)27-24(20)25(28)22-12-6-7-16-26-22/h1-12,16,25,27H,15,17H2/t25-/m0/s1. The van der Waals surface area contributed by atoms with Crippen LogP contribution in [-0.4, -0.2) is 27.3 Å². The number of amides is 1. The minimum absolute atomic E-state index is 0.186. The third-order valence-corrected chi connectivity index (χ3v) is 5.35. The number of benzene rings is 2. The number of carbonyl (C=O) groups is 1. The Morgan fingerprint density at radius 3 is 2.62 bits per heavy atom. The molecule has 0 spiro atoms. The maximum absolute atomic E-state index is 13.1. The van der Waals surface area contributed by atoms with E-state index in [0.29, 0.717) is 6.54 Å². The lowest BCUT2D eigenvalue weighted by Gasteiger charge is -2.34. The molecular weight excluding hydrogens is 358 g/mol. The summed E-state index contributed by atoms with van der Waals surface area (Å²) in [6, 6.07) is 23.4. The summed E-state index contributed by atoms with van der Waals surface area (Å²) >= 11 is 0. The summed E-state index contributed by atoms with van der Waals surface area (Å²) in [7, 11) is 0. The molecule has 4 aromatic rings. The van der Waals surface area contributed by atoms with Crippen LogP contribution in [0.15, 0.2) is 79.0 Å². The summed E-state index contributed by atoms with van der Waals surface area (Å²) in [6.07, 6.45) is 2.56. The zero-order chi connectivity index (χ0) is 19.6. The van der Waals surface area contributed by atoms with Gasteiger partial charge in [0.2, 0.25) is 0 Å². The fourth-order valence-corrected chi connectivity index (χ4v) is 4.02. The predicted octanol–water partition coefficient (Wildman–Crippen LogP) is 4.09. The van der Waals surface area contributed by atoms with E-state index in [1.54, 1.807) is 6.20 Å². The zero-order valence-corrected chi connectivity index (χ0v) is 15.8. The van der Waals surface area contributed by atoms with Crippen LogP contribution in [0, 0.1) is 11.8 Å². The average molecular weight is 377 g/mol. The number of nitrogens with one attached hydrogen (secondary N) is 1. The molecule has 2 aromatic heterocycles. The Bertz CT molecular complexity index is 1230. The van der Waals surface area contributed by atoms with Crippen molar-refractivity contribution in [1.82, 2.24) is 14.9 Å². The predicted molar refractivity (Wildman–Crippen MR) is 113 cm³/mol. The molecule has 1 atom stereocenters. The van der Waals surface area contributed by atoms with Crippen LogP contribution in [0.3, 0.4) is 0 Å². The molecule has 29 heavy (non-hydrogen) atoms. The van der Waals surface area contributed by atoms with Gasteiger partial charge in [-0.05, 0) is 42.3 Å². The number of rotatable bonds is 1. The van der Waals surface area contributed by atoms with Crippen LogP contribution >= 0.6 is 0 Å². The van der Waals surface area contributed by atoms with Crippen molar-refractivity contribution in [1.29, 1.82) is 0 Å². The van der Waals surface area contributed by atoms with E-state index in [-0.39, 0.29) is 11.9 Å². The lowest BCUT2D eigenvalue weighted by atomic mass is 9.95. The van der Waals surface area contributed by atoms with Gasteiger partial charge in [0.25, 0.3) is 5.91 Å². The number of H-pyrrole nitrogens is 1. The molecule has 4 nitrogen and oxygen atoms in total. The molecule has 1 amide bonds. The Kier molecular flexibility index (Phi) is 4.34. The van der Waals surface area contributed by atoms with Gasteiger partial charge in [0.1, 0.15) is 6.04 Å². The highest BCUT2D eigenvalue weighted by Crippen LogP contribution is 2.37. The third kappa shape index (κ3) is 3.17. The molecular formula is C25H19N3O. The molecule has 140 valence electrons. The summed E-state index contributed by atoms with van der Waals surface area (Å²) < 4.78 is 0. The highest BCUT2D eigenvalue weighted by atomic mass is 16.2. The second-order valence-corrected chi connectivity index (χ2v) is 7.08. The van der Waals surface area contributed by atoms with Gasteiger partial charge >= 0.3 is 0 Å². The molecule has 4 heteroatoms. The van der Waals surface area contributed by atoms with Crippen molar-refractivity contribution in [2.75, 3.05) is 6.54 Å². The SMILES string of the molecule is O=C(C#Cc1ccccc1)N1CCc2c([nH]c3ccccc23)[C@@H]1c1ccccn1. The summed E-state index contributed by atoms with van der Waals surface area (Å²) in [4.78, 5) is 23.0. The first kappa shape index (κ1) is 17.3. The minimum Gasteiger partial charge on any atom is -0.356 e. The first-order valence-corrected chi connectivity index (χ1v) is 9.69. The highest BCUT2D eigenvalue weighted by Gasteiger charge is 2.34. The summed E-state index contributed by atoms with van der Waals surface area (Å²) in [5, 5.41) is 1.21. The number of para-hydroxylation sites is 1. The second kappa shape index (κ2) is 7.29. The summed E-state index contributed by atoms with van der Waals surface area (Å²) in [5.74, 6) is 5.63. The second-order valence-electron chi connectivity index (χ2n) is 7.08. The van der Waals surface area contributed by atoms with E-state index >= 15 is 0 Å². The van der Waals surface area contributed by atoms with E-state index in [9.17, 15) is 4.79 Å². The third-order valence-electron chi connectivity index (χ3n) is 5.35. The van der Waals surface area contributed by atoms with Gasteiger partial charge in [0.05, 0.1) is 5.69 Å². The largest absolute Gasteiger partial charge is 0.356 e. The lowest BCUT2D eigenvalue weighted by molar-refractivity contribution is -0.127. The van der Waals surface area contributed by atoms with Gasteiger partial charge in [-0.2, -0.15) is 0 Å². The first-order valence-electron chi connectivity index (χ1n) is 9.69. The molecule has 1 aliphatic heterocycles. The van der Waals surface area contributed by atoms with Gasteiger partial charge < -0.3 is 9.88 Å². The van der Waals surface area contributed by atoms with Crippen LogP contribution in [0.4, 0.5) is 0 Å². The van der Waals surface area contributed by atoms with Crippen LogP contribution in [0.1, 0.15) is 28.6 Å². The van der Waals surface area contributed by atoms with Crippen molar-refractivity contribution >= 4 is 16.8 Å². The average Bonchev–Trinajstić information content (AvgIpc) is 3.17. The van der Waals surface area contributed by atoms with Gasteiger partial charge in [-0.3, -0.25) is 9.78 Å². The molecule has 0 bridgehead atoms. The topological polar surface area (TPSA) is 49.0 Å². The summed E-state index contributed by atoms with van der Waals surface area (Å²) in [5.41, 5.74) is 5.05. The normalized spacial score (nSPS) is 15.4. The van der Waals surface area contributed by atoms with E-state index in [1.165, 1.54) is 10.9 Å². The number of aromatic amines is 1. The summed E-state index contributed by atoms with van der Waals surface area (Å²) in [6.45, 7) is 0.610. The molecule has 0 saturated carbocycles. The van der Waals surface area contributed by atoms with Gasteiger partial charge in [-0.1, -0.05) is 48.4 Å². The molecule has 0 aliphatic carbocycles. The molecule has 0 radical (unpaired) electrons. The molecule has 0 saturated heterocycles. The van der Waals surface area contributed by atoms with Crippen molar-refractivity contribution in [2.45, 2.75) is 12.5 Å². The fraction of sp³-hybridized carbons (Fsp3) is 0.120. The van der Waals surface area contributed by atoms with Gasteiger partial charge in [0.15, 0.2) is 0 Å². The van der Waals surface area contributed by atoms with E-state index in [4.69, 9.17) is 0 Å².